The van der Waals surface area contributed by atoms with Gasteiger partial charge in [0.1, 0.15) is 0 Å². The second kappa shape index (κ2) is 4.61. The predicted molar refractivity (Wildman–Crippen MR) is 53.7 cm³/mol. The van der Waals surface area contributed by atoms with E-state index in [9.17, 15) is 18.0 Å². The summed E-state index contributed by atoms with van der Waals surface area (Å²) >= 11 is 0. The number of alkyl halides is 3. The van der Waals surface area contributed by atoms with Gasteiger partial charge in [0.05, 0.1) is 0 Å². The van der Waals surface area contributed by atoms with Crippen molar-refractivity contribution in [2.75, 3.05) is 0 Å². The summed E-state index contributed by atoms with van der Waals surface area (Å²) in [5.74, 6) is -1.37. The predicted octanol–water partition coefficient (Wildman–Crippen LogP) is 1.72. The first-order chi connectivity index (χ1) is 7.27. The third kappa shape index (κ3) is 2.66. The largest absolute Gasteiger partial charge is 0.415 e. The van der Waals surface area contributed by atoms with E-state index in [1.54, 1.807) is 0 Å². The van der Waals surface area contributed by atoms with E-state index in [0.717, 1.165) is 26.2 Å². The third-order valence-corrected chi connectivity index (χ3v) is 3.16. The Morgan fingerprint density at radius 1 is 1.25 bits per heavy atom. The molecular weight excluding hydrogens is 221 g/mol. The van der Waals surface area contributed by atoms with Crippen LogP contribution in [0.15, 0.2) is 0 Å². The molecular formula is C10H17F3N2O. The molecule has 0 aromatic carbocycles. The Morgan fingerprint density at radius 3 is 2.12 bits per heavy atom. The molecule has 0 heterocycles. The SMILES string of the molecule is CC(NC1CCCCC1)(C(N)=O)C(F)(F)F. The van der Waals surface area contributed by atoms with Gasteiger partial charge in [0.25, 0.3) is 0 Å². The van der Waals surface area contributed by atoms with Crippen molar-refractivity contribution in [2.45, 2.75) is 56.8 Å². The van der Waals surface area contributed by atoms with Crippen molar-refractivity contribution in [3.63, 3.8) is 0 Å². The van der Waals surface area contributed by atoms with E-state index >= 15 is 0 Å². The smallest absolute Gasteiger partial charge is 0.368 e. The Labute approximate surface area is 92.6 Å². The molecule has 1 amide bonds. The van der Waals surface area contributed by atoms with Crippen molar-refractivity contribution in [3.8, 4) is 0 Å². The van der Waals surface area contributed by atoms with Crippen LogP contribution in [-0.4, -0.2) is 23.7 Å². The fourth-order valence-electron chi connectivity index (χ4n) is 1.95. The standard InChI is InChI=1S/C10H17F3N2O/c1-9(8(14)16,10(11,12)13)15-7-5-3-2-4-6-7/h7,15H,2-6H2,1H3,(H2,14,16). The number of primary amides is 1. The number of rotatable bonds is 3. The molecule has 1 aliphatic rings. The van der Waals surface area contributed by atoms with Gasteiger partial charge in [-0.15, -0.1) is 0 Å². The van der Waals surface area contributed by atoms with Gasteiger partial charge >= 0.3 is 6.18 Å². The van der Waals surface area contributed by atoms with Crippen LogP contribution in [0.3, 0.4) is 0 Å². The summed E-state index contributed by atoms with van der Waals surface area (Å²) in [5, 5.41) is 2.37. The van der Waals surface area contributed by atoms with Gasteiger partial charge in [0, 0.05) is 6.04 Å². The van der Waals surface area contributed by atoms with Crippen molar-refractivity contribution in [3.05, 3.63) is 0 Å². The van der Waals surface area contributed by atoms with Crippen LogP contribution in [0.5, 0.6) is 0 Å². The molecule has 0 radical (unpaired) electrons. The minimum absolute atomic E-state index is 0.270. The number of amides is 1. The van der Waals surface area contributed by atoms with Crippen LogP contribution in [-0.2, 0) is 4.79 Å². The molecule has 94 valence electrons. The Balaban J connectivity index is 2.74. The van der Waals surface area contributed by atoms with Crippen molar-refractivity contribution in [1.29, 1.82) is 0 Å². The molecule has 0 spiro atoms. The zero-order valence-corrected chi connectivity index (χ0v) is 9.23. The fraction of sp³-hybridized carbons (Fsp3) is 0.900. The maximum Gasteiger partial charge on any atom is 0.415 e. The van der Waals surface area contributed by atoms with Gasteiger partial charge < -0.3 is 5.73 Å². The molecule has 0 aromatic rings. The van der Waals surface area contributed by atoms with Crippen LogP contribution in [0.1, 0.15) is 39.0 Å². The molecule has 0 aromatic heterocycles. The number of nitrogens with one attached hydrogen (secondary N) is 1. The monoisotopic (exact) mass is 238 g/mol. The summed E-state index contributed by atoms with van der Waals surface area (Å²) in [4.78, 5) is 11.0. The summed E-state index contributed by atoms with van der Waals surface area (Å²) in [6.45, 7) is 0.809. The van der Waals surface area contributed by atoms with E-state index in [1.807, 2.05) is 0 Å². The number of nitrogens with two attached hydrogens (primary N) is 1. The number of halogens is 3. The normalized spacial score (nSPS) is 22.8. The average molecular weight is 238 g/mol. The minimum Gasteiger partial charge on any atom is -0.368 e. The maximum absolute atomic E-state index is 12.7. The average Bonchev–Trinajstić information content (AvgIpc) is 2.17. The second-order valence-electron chi connectivity index (χ2n) is 4.47. The Hall–Kier alpha value is -0.780. The molecule has 1 unspecified atom stereocenters. The zero-order chi connectivity index (χ0) is 12.4. The van der Waals surface area contributed by atoms with E-state index in [1.165, 1.54) is 0 Å². The summed E-state index contributed by atoms with van der Waals surface area (Å²) in [6.07, 6.45) is -0.500. The fourth-order valence-corrected chi connectivity index (χ4v) is 1.95. The topological polar surface area (TPSA) is 55.1 Å². The van der Waals surface area contributed by atoms with Gasteiger partial charge in [-0.2, -0.15) is 13.2 Å². The first-order valence-electron chi connectivity index (χ1n) is 5.41. The molecule has 0 aliphatic heterocycles. The quantitative estimate of drug-likeness (QED) is 0.786. The molecule has 1 atom stereocenters. The molecule has 1 rings (SSSR count). The maximum atomic E-state index is 12.7. The van der Waals surface area contributed by atoms with E-state index < -0.39 is 17.6 Å². The van der Waals surface area contributed by atoms with Gasteiger partial charge in [-0.3, -0.25) is 10.1 Å². The molecule has 16 heavy (non-hydrogen) atoms. The summed E-state index contributed by atoms with van der Waals surface area (Å²) < 4.78 is 38.2. The van der Waals surface area contributed by atoms with E-state index in [2.05, 4.69) is 5.32 Å². The molecule has 0 saturated heterocycles. The van der Waals surface area contributed by atoms with Crippen molar-refractivity contribution >= 4 is 5.91 Å². The van der Waals surface area contributed by atoms with E-state index in [4.69, 9.17) is 5.73 Å². The van der Waals surface area contributed by atoms with Crippen molar-refractivity contribution in [1.82, 2.24) is 5.32 Å². The second-order valence-corrected chi connectivity index (χ2v) is 4.47. The molecule has 1 fully saturated rings. The zero-order valence-electron chi connectivity index (χ0n) is 9.23. The highest BCUT2D eigenvalue weighted by atomic mass is 19.4. The van der Waals surface area contributed by atoms with Crippen molar-refractivity contribution < 1.29 is 18.0 Å². The first-order valence-corrected chi connectivity index (χ1v) is 5.41. The minimum atomic E-state index is -4.66. The van der Waals surface area contributed by atoms with E-state index in [0.29, 0.717) is 12.8 Å². The third-order valence-electron chi connectivity index (χ3n) is 3.16. The van der Waals surface area contributed by atoms with Crippen LogP contribution in [0.25, 0.3) is 0 Å². The highest BCUT2D eigenvalue weighted by Crippen LogP contribution is 2.32. The molecule has 6 heteroatoms. The highest BCUT2D eigenvalue weighted by molar-refractivity contribution is 5.85. The Kier molecular flexibility index (Phi) is 3.83. The Bertz CT molecular complexity index is 261. The van der Waals surface area contributed by atoms with Crippen LogP contribution in [0, 0.1) is 0 Å². The lowest BCUT2D eigenvalue weighted by molar-refractivity contribution is -0.196. The molecule has 0 bridgehead atoms. The van der Waals surface area contributed by atoms with Crippen LogP contribution in [0.2, 0.25) is 0 Å². The lowest BCUT2D eigenvalue weighted by Gasteiger charge is -2.35. The molecule has 3 nitrogen and oxygen atoms in total. The number of carbonyl (C=O) groups is 1. The van der Waals surface area contributed by atoms with Gasteiger partial charge in [-0.05, 0) is 19.8 Å². The molecule has 1 saturated carbocycles. The van der Waals surface area contributed by atoms with E-state index in [-0.39, 0.29) is 6.04 Å². The van der Waals surface area contributed by atoms with Crippen LogP contribution >= 0.6 is 0 Å². The first kappa shape index (κ1) is 13.3. The van der Waals surface area contributed by atoms with Gasteiger partial charge in [0.2, 0.25) is 5.91 Å². The molecule has 3 N–H and O–H groups in total. The molecule has 1 aliphatic carbocycles. The van der Waals surface area contributed by atoms with Crippen molar-refractivity contribution in [2.24, 2.45) is 5.73 Å². The van der Waals surface area contributed by atoms with Gasteiger partial charge in [-0.25, -0.2) is 0 Å². The van der Waals surface area contributed by atoms with Gasteiger partial charge in [-0.1, -0.05) is 19.3 Å². The van der Waals surface area contributed by atoms with Crippen LogP contribution < -0.4 is 11.1 Å². The lowest BCUT2D eigenvalue weighted by atomic mass is 9.91. The number of carbonyl (C=O) groups excluding carboxylic acids is 1. The van der Waals surface area contributed by atoms with Crippen LogP contribution in [0.4, 0.5) is 13.2 Å². The van der Waals surface area contributed by atoms with Gasteiger partial charge in [0.15, 0.2) is 5.54 Å². The number of hydrogen-bond acceptors (Lipinski definition) is 2. The Morgan fingerprint density at radius 2 is 1.75 bits per heavy atom. The lowest BCUT2D eigenvalue weighted by Crippen LogP contribution is -2.65. The highest BCUT2D eigenvalue weighted by Gasteiger charge is 2.56. The summed E-state index contributed by atoms with van der Waals surface area (Å²) in [7, 11) is 0. The summed E-state index contributed by atoms with van der Waals surface area (Å²) in [5.41, 5.74) is 2.24. The summed E-state index contributed by atoms with van der Waals surface area (Å²) in [6, 6.07) is -0.270. The number of hydrogen-bond donors (Lipinski definition) is 2.